The molecule has 0 saturated carbocycles. The number of aromatic amines is 1. The SMILES string of the molecule is Cc1[nH]c2ccc(C(=O)O)cc2c1Cc1ccc(C#Cc2ccccc2)cc1Cl. The van der Waals surface area contributed by atoms with Gasteiger partial charge in [0, 0.05) is 39.2 Å². The van der Waals surface area contributed by atoms with Gasteiger partial charge in [0.15, 0.2) is 0 Å². The molecule has 1 aromatic heterocycles. The van der Waals surface area contributed by atoms with E-state index in [4.69, 9.17) is 11.6 Å². The van der Waals surface area contributed by atoms with Gasteiger partial charge in [0.25, 0.3) is 0 Å². The summed E-state index contributed by atoms with van der Waals surface area (Å²) in [4.78, 5) is 14.7. The van der Waals surface area contributed by atoms with E-state index in [9.17, 15) is 9.90 Å². The zero-order valence-corrected chi connectivity index (χ0v) is 16.5. The maximum absolute atomic E-state index is 11.3. The highest BCUT2D eigenvalue weighted by Crippen LogP contribution is 2.28. The Morgan fingerprint density at radius 2 is 1.76 bits per heavy atom. The first-order valence-corrected chi connectivity index (χ1v) is 9.59. The van der Waals surface area contributed by atoms with E-state index in [1.54, 1.807) is 18.2 Å². The van der Waals surface area contributed by atoms with Crippen molar-refractivity contribution in [3.05, 3.63) is 105 Å². The van der Waals surface area contributed by atoms with Gasteiger partial charge < -0.3 is 10.1 Å². The molecule has 0 atom stereocenters. The van der Waals surface area contributed by atoms with Crippen LogP contribution in [0.4, 0.5) is 0 Å². The second-order valence-electron chi connectivity index (χ2n) is 6.89. The van der Waals surface area contributed by atoms with Gasteiger partial charge in [0.1, 0.15) is 0 Å². The van der Waals surface area contributed by atoms with Crippen molar-refractivity contribution in [3.8, 4) is 11.8 Å². The Labute approximate surface area is 174 Å². The average molecular weight is 400 g/mol. The summed E-state index contributed by atoms with van der Waals surface area (Å²) < 4.78 is 0. The van der Waals surface area contributed by atoms with Gasteiger partial charge >= 0.3 is 5.97 Å². The molecule has 0 aliphatic heterocycles. The minimum Gasteiger partial charge on any atom is -0.478 e. The highest BCUT2D eigenvalue weighted by atomic mass is 35.5. The largest absolute Gasteiger partial charge is 0.478 e. The molecular weight excluding hydrogens is 382 g/mol. The van der Waals surface area contributed by atoms with Crippen LogP contribution in [-0.2, 0) is 6.42 Å². The van der Waals surface area contributed by atoms with Crippen molar-refractivity contribution in [2.45, 2.75) is 13.3 Å². The van der Waals surface area contributed by atoms with Crippen LogP contribution in [0.15, 0.2) is 66.7 Å². The Hall–Kier alpha value is -3.48. The summed E-state index contributed by atoms with van der Waals surface area (Å²) in [5.74, 6) is 5.34. The van der Waals surface area contributed by atoms with Crippen LogP contribution in [0, 0.1) is 18.8 Å². The topological polar surface area (TPSA) is 53.1 Å². The first-order chi connectivity index (χ1) is 14.0. The molecule has 1 heterocycles. The summed E-state index contributed by atoms with van der Waals surface area (Å²) in [5.41, 5.74) is 6.03. The van der Waals surface area contributed by atoms with E-state index >= 15 is 0 Å². The fourth-order valence-electron chi connectivity index (χ4n) is 3.37. The summed E-state index contributed by atoms with van der Waals surface area (Å²) >= 11 is 6.54. The van der Waals surface area contributed by atoms with Gasteiger partial charge in [-0.05, 0) is 60.5 Å². The first-order valence-electron chi connectivity index (χ1n) is 9.21. The predicted octanol–water partition coefficient (Wildman–Crippen LogP) is 5.82. The second kappa shape index (κ2) is 7.87. The second-order valence-corrected chi connectivity index (χ2v) is 7.30. The lowest BCUT2D eigenvalue weighted by molar-refractivity contribution is 0.0697. The molecule has 0 bridgehead atoms. The van der Waals surface area contributed by atoms with Crippen LogP contribution >= 0.6 is 11.6 Å². The molecule has 0 aliphatic carbocycles. The smallest absolute Gasteiger partial charge is 0.335 e. The Morgan fingerprint density at radius 1 is 1.00 bits per heavy atom. The van der Waals surface area contributed by atoms with E-state index in [0.29, 0.717) is 11.4 Å². The number of halogens is 1. The predicted molar refractivity (Wildman–Crippen MR) is 117 cm³/mol. The Bertz CT molecular complexity index is 1280. The molecule has 29 heavy (non-hydrogen) atoms. The first kappa shape index (κ1) is 18.9. The van der Waals surface area contributed by atoms with Crippen molar-refractivity contribution in [2.75, 3.05) is 0 Å². The van der Waals surface area contributed by atoms with E-state index in [1.807, 2.05) is 55.5 Å². The van der Waals surface area contributed by atoms with Crippen LogP contribution in [0.3, 0.4) is 0 Å². The van der Waals surface area contributed by atoms with Crippen molar-refractivity contribution in [1.29, 1.82) is 0 Å². The van der Waals surface area contributed by atoms with Gasteiger partial charge in [-0.2, -0.15) is 0 Å². The lowest BCUT2D eigenvalue weighted by Gasteiger charge is -2.06. The Kier molecular flexibility index (Phi) is 5.12. The van der Waals surface area contributed by atoms with Crippen molar-refractivity contribution >= 4 is 28.5 Å². The van der Waals surface area contributed by atoms with E-state index in [2.05, 4.69) is 16.8 Å². The molecule has 0 aliphatic rings. The normalized spacial score (nSPS) is 10.6. The van der Waals surface area contributed by atoms with E-state index < -0.39 is 5.97 Å². The number of fused-ring (bicyclic) bond motifs is 1. The molecule has 0 unspecified atom stereocenters. The van der Waals surface area contributed by atoms with Crippen LogP contribution in [-0.4, -0.2) is 16.1 Å². The monoisotopic (exact) mass is 399 g/mol. The number of rotatable bonds is 3. The number of hydrogen-bond acceptors (Lipinski definition) is 1. The van der Waals surface area contributed by atoms with Gasteiger partial charge in [0.05, 0.1) is 5.56 Å². The molecule has 0 radical (unpaired) electrons. The third-order valence-electron chi connectivity index (χ3n) is 4.91. The zero-order chi connectivity index (χ0) is 20.4. The van der Waals surface area contributed by atoms with Crippen molar-refractivity contribution < 1.29 is 9.90 Å². The summed E-state index contributed by atoms with van der Waals surface area (Å²) in [7, 11) is 0. The molecule has 2 N–H and O–H groups in total. The number of H-pyrrole nitrogens is 1. The summed E-state index contributed by atoms with van der Waals surface area (Å²) in [5, 5.41) is 10.9. The molecule has 4 heteroatoms. The number of benzene rings is 3. The molecule has 0 saturated heterocycles. The molecule has 0 spiro atoms. The third-order valence-corrected chi connectivity index (χ3v) is 5.26. The van der Waals surface area contributed by atoms with Crippen molar-refractivity contribution in [3.63, 3.8) is 0 Å². The van der Waals surface area contributed by atoms with Gasteiger partial charge in [0.2, 0.25) is 0 Å². The van der Waals surface area contributed by atoms with E-state index in [0.717, 1.165) is 38.9 Å². The highest BCUT2D eigenvalue weighted by molar-refractivity contribution is 6.31. The molecule has 142 valence electrons. The zero-order valence-electron chi connectivity index (χ0n) is 15.8. The van der Waals surface area contributed by atoms with Gasteiger partial charge in [-0.3, -0.25) is 0 Å². The van der Waals surface area contributed by atoms with E-state index in [1.165, 1.54) is 0 Å². The van der Waals surface area contributed by atoms with Gasteiger partial charge in [-0.25, -0.2) is 4.79 Å². The standard InChI is InChI=1S/C25H18ClNO2/c1-16-21(22-15-20(25(28)29)11-12-24(22)27-16)14-19-10-9-18(13-23(19)26)8-7-17-5-3-2-4-6-17/h2-6,9-13,15,27H,14H2,1H3,(H,28,29). The van der Waals surface area contributed by atoms with Crippen LogP contribution < -0.4 is 0 Å². The Morgan fingerprint density at radius 3 is 2.48 bits per heavy atom. The number of carbonyl (C=O) groups is 1. The van der Waals surface area contributed by atoms with Gasteiger partial charge in [-0.15, -0.1) is 0 Å². The lowest BCUT2D eigenvalue weighted by Crippen LogP contribution is -1.96. The van der Waals surface area contributed by atoms with Crippen molar-refractivity contribution in [1.82, 2.24) is 4.98 Å². The fourth-order valence-corrected chi connectivity index (χ4v) is 3.62. The fraction of sp³-hybridized carbons (Fsp3) is 0.0800. The minimum atomic E-state index is -0.934. The maximum atomic E-state index is 11.3. The molecule has 0 amide bonds. The number of aromatic carboxylic acids is 1. The van der Waals surface area contributed by atoms with Crippen molar-refractivity contribution in [2.24, 2.45) is 0 Å². The maximum Gasteiger partial charge on any atom is 0.335 e. The van der Waals surface area contributed by atoms with Crippen LogP contribution in [0.25, 0.3) is 10.9 Å². The highest BCUT2D eigenvalue weighted by Gasteiger charge is 2.13. The van der Waals surface area contributed by atoms with Crippen LogP contribution in [0.1, 0.15) is 38.3 Å². The van der Waals surface area contributed by atoms with Crippen LogP contribution in [0.5, 0.6) is 0 Å². The number of hydrogen-bond donors (Lipinski definition) is 2. The van der Waals surface area contributed by atoms with E-state index in [-0.39, 0.29) is 5.56 Å². The number of carboxylic acid groups (broad SMARTS) is 1. The molecule has 3 aromatic carbocycles. The summed E-state index contributed by atoms with van der Waals surface area (Å²) in [6.45, 7) is 1.99. The average Bonchev–Trinajstić information content (AvgIpc) is 3.03. The lowest BCUT2D eigenvalue weighted by atomic mass is 9.99. The molecule has 0 fully saturated rings. The third kappa shape index (κ3) is 4.03. The summed E-state index contributed by atoms with van der Waals surface area (Å²) in [6, 6.07) is 20.8. The number of aryl methyl sites for hydroxylation is 1. The molecular formula is C25H18ClNO2. The van der Waals surface area contributed by atoms with Crippen LogP contribution in [0.2, 0.25) is 5.02 Å². The summed E-state index contributed by atoms with van der Waals surface area (Å²) in [6.07, 6.45) is 0.611. The number of nitrogens with one attached hydrogen (secondary N) is 1. The number of carboxylic acids is 1. The molecule has 4 aromatic rings. The Balaban J connectivity index is 1.65. The quantitative estimate of drug-likeness (QED) is 0.426. The molecule has 4 rings (SSSR count). The number of aromatic nitrogens is 1. The van der Waals surface area contributed by atoms with Gasteiger partial charge in [-0.1, -0.05) is 47.7 Å². The molecule has 3 nitrogen and oxygen atoms in total. The minimum absolute atomic E-state index is 0.274.